The molecule has 14 heavy (non-hydrogen) atoms. The second kappa shape index (κ2) is 3.24. The zero-order valence-corrected chi connectivity index (χ0v) is 8.76. The summed E-state index contributed by atoms with van der Waals surface area (Å²) in [7, 11) is -3.17. The van der Waals surface area contributed by atoms with E-state index in [9.17, 15) is 8.42 Å². The van der Waals surface area contributed by atoms with Crippen LogP contribution in [0, 0.1) is 6.92 Å². The molecular weight excluding hydrogens is 200 g/mol. The molecule has 0 spiro atoms. The maximum atomic E-state index is 11.7. The molecule has 1 N–H and O–H groups in total. The van der Waals surface area contributed by atoms with Gasteiger partial charge in [0.25, 0.3) is 0 Å². The summed E-state index contributed by atoms with van der Waals surface area (Å²) in [6.07, 6.45) is 2.18. The highest BCUT2D eigenvalue weighted by atomic mass is 32.2. The van der Waals surface area contributed by atoms with Crippen molar-refractivity contribution in [2.24, 2.45) is 0 Å². The number of hydrogen-bond donors (Lipinski definition) is 1. The van der Waals surface area contributed by atoms with Gasteiger partial charge in [-0.25, -0.2) is 13.4 Å². The van der Waals surface area contributed by atoms with Crippen molar-refractivity contribution >= 4 is 15.5 Å². The fraction of sp³-hybridized carbons (Fsp3) is 0.444. The highest BCUT2D eigenvalue weighted by molar-refractivity contribution is 7.91. The fourth-order valence-corrected chi connectivity index (χ4v) is 3.04. The van der Waals surface area contributed by atoms with E-state index in [0.29, 0.717) is 18.7 Å². The van der Waals surface area contributed by atoms with E-state index in [1.807, 2.05) is 13.0 Å². The molecule has 0 amide bonds. The van der Waals surface area contributed by atoms with E-state index in [-0.39, 0.29) is 10.8 Å². The number of aromatic nitrogens is 1. The zero-order chi connectivity index (χ0) is 10.2. The normalized spacial score (nSPS) is 19.2. The molecule has 0 fully saturated rings. The number of fused-ring (bicyclic) bond motifs is 1. The van der Waals surface area contributed by atoms with E-state index < -0.39 is 9.84 Å². The van der Waals surface area contributed by atoms with E-state index >= 15 is 0 Å². The Kier molecular flexibility index (Phi) is 2.19. The maximum absolute atomic E-state index is 11.7. The first-order valence-corrected chi connectivity index (χ1v) is 6.19. The van der Waals surface area contributed by atoms with Crippen LogP contribution in [0.15, 0.2) is 17.3 Å². The number of nitrogens with one attached hydrogen (secondary N) is 1. The van der Waals surface area contributed by atoms with Gasteiger partial charge in [0.15, 0.2) is 14.9 Å². The van der Waals surface area contributed by atoms with Crippen LogP contribution < -0.4 is 5.32 Å². The Balaban J connectivity index is 2.68. The number of anilines is 1. The minimum absolute atomic E-state index is 0.184. The topological polar surface area (TPSA) is 59.1 Å². The lowest BCUT2D eigenvalue weighted by atomic mass is 10.2. The molecule has 0 bridgehead atoms. The van der Waals surface area contributed by atoms with Crippen molar-refractivity contribution in [2.45, 2.75) is 18.4 Å². The summed E-state index contributed by atoms with van der Waals surface area (Å²) in [6.45, 7) is 2.58. The van der Waals surface area contributed by atoms with Crippen molar-refractivity contribution in [3.05, 3.63) is 17.8 Å². The molecule has 0 radical (unpaired) electrons. The quantitative estimate of drug-likeness (QED) is 0.696. The molecule has 1 aromatic rings. The molecule has 76 valence electrons. The predicted molar refractivity (Wildman–Crippen MR) is 54.1 cm³/mol. The molecule has 0 saturated carbocycles. The molecule has 0 aromatic carbocycles. The average molecular weight is 212 g/mol. The van der Waals surface area contributed by atoms with Crippen LogP contribution in [0.3, 0.4) is 0 Å². The molecule has 2 rings (SSSR count). The van der Waals surface area contributed by atoms with Gasteiger partial charge < -0.3 is 5.32 Å². The summed E-state index contributed by atoms with van der Waals surface area (Å²) in [5, 5.41) is 3.31. The highest BCUT2D eigenvalue weighted by Crippen LogP contribution is 2.26. The third-order valence-electron chi connectivity index (χ3n) is 2.31. The highest BCUT2D eigenvalue weighted by Gasteiger charge is 2.23. The van der Waals surface area contributed by atoms with E-state index in [1.165, 1.54) is 0 Å². The van der Waals surface area contributed by atoms with Crippen LogP contribution in [0.2, 0.25) is 0 Å². The first-order chi connectivity index (χ1) is 6.61. The van der Waals surface area contributed by atoms with Gasteiger partial charge in [-0.05, 0) is 25.0 Å². The fourth-order valence-electron chi connectivity index (χ4n) is 1.56. The summed E-state index contributed by atoms with van der Waals surface area (Å²) in [4.78, 5) is 3.94. The summed E-state index contributed by atoms with van der Waals surface area (Å²) in [5.74, 6) is 0.184. The Morgan fingerprint density at radius 2 is 2.29 bits per heavy atom. The van der Waals surface area contributed by atoms with E-state index in [4.69, 9.17) is 0 Å². The average Bonchev–Trinajstić information content (AvgIpc) is 2.27. The van der Waals surface area contributed by atoms with Gasteiger partial charge in [0, 0.05) is 12.7 Å². The van der Waals surface area contributed by atoms with Gasteiger partial charge in [-0.15, -0.1) is 0 Å². The molecule has 0 atom stereocenters. The van der Waals surface area contributed by atoms with Crippen LogP contribution in [0.1, 0.15) is 12.0 Å². The molecule has 1 aromatic heterocycles. The summed E-state index contributed by atoms with van der Waals surface area (Å²) in [5.41, 5.74) is 1.60. The van der Waals surface area contributed by atoms with Crippen LogP contribution in [-0.2, 0) is 9.84 Å². The Labute approximate surface area is 83.3 Å². The molecule has 1 aliphatic rings. The van der Waals surface area contributed by atoms with Gasteiger partial charge in [-0.3, -0.25) is 0 Å². The lowest BCUT2D eigenvalue weighted by Gasteiger charge is -2.08. The Hall–Kier alpha value is -1.10. The molecule has 5 heteroatoms. The van der Waals surface area contributed by atoms with Crippen molar-refractivity contribution in [2.75, 3.05) is 17.6 Å². The number of sulfone groups is 1. The minimum Gasteiger partial charge on any atom is -0.382 e. The Morgan fingerprint density at radius 3 is 3.07 bits per heavy atom. The number of pyridine rings is 1. The van der Waals surface area contributed by atoms with Crippen LogP contribution in [0.25, 0.3) is 0 Å². The standard InChI is InChI=1S/C9H12N2O2S/c1-7-3-5-11-9-8(7)10-4-2-6-14(9,12)13/h3,5,10H,2,4,6H2,1H3. The van der Waals surface area contributed by atoms with Gasteiger partial charge in [0.1, 0.15) is 0 Å². The summed E-state index contributed by atoms with van der Waals surface area (Å²) >= 11 is 0. The molecule has 0 aliphatic carbocycles. The first-order valence-electron chi connectivity index (χ1n) is 4.53. The van der Waals surface area contributed by atoms with E-state index in [0.717, 1.165) is 5.56 Å². The largest absolute Gasteiger partial charge is 0.382 e. The zero-order valence-electron chi connectivity index (χ0n) is 7.95. The van der Waals surface area contributed by atoms with Crippen molar-refractivity contribution in [1.82, 2.24) is 4.98 Å². The third-order valence-corrected chi connectivity index (χ3v) is 4.04. The monoisotopic (exact) mass is 212 g/mol. The van der Waals surface area contributed by atoms with Gasteiger partial charge in [-0.2, -0.15) is 0 Å². The number of hydrogen-bond acceptors (Lipinski definition) is 4. The van der Waals surface area contributed by atoms with Crippen molar-refractivity contribution < 1.29 is 8.42 Å². The maximum Gasteiger partial charge on any atom is 0.197 e. The lowest BCUT2D eigenvalue weighted by molar-refractivity contribution is 0.592. The van der Waals surface area contributed by atoms with Crippen LogP contribution in [0.4, 0.5) is 5.69 Å². The second-order valence-corrected chi connectivity index (χ2v) is 5.43. The first kappa shape index (κ1) is 9.45. The SMILES string of the molecule is Cc1ccnc2c1NCCCS2(=O)=O. The summed E-state index contributed by atoms with van der Waals surface area (Å²) < 4.78 is 23.5. The van der Waals surface area contributed by atoms with Gasteiger partial charge in [-0.1, -0.05) is 0 Å². The van der Waals surface area contributed by atoms with E-state index in [1.54, 1.807) is 6.20 Å². The Bertz CT molecular complexity index is 454. The molecule has 0 saturated heterocycles. The lowest BCUT2D eigenvalue weighted by Crippen LogP contribution is -2.07. The smallest absolute Gasteiger partial charge is 0.197 e. The molecular formula is C9H12N2O2S. The molecule has 1 aliphatic heterocycles. The second-order valence-electron chi connectivity index (χ2n) is 3.41. The summed E-state index contributed by atoms with van der Waals surface area (Å²) in [6, 6.07) is 1.81. The van der Waals surface area contributed by atoms with Crippen LogP contribution in [0.5, 0.6) is 0 Å². The molecule has 4 nitrogen and oxygen atoms in total. The van der Waals surface area contributed by atoms with Crippen molar-refractivity contribution in [1.29, 1.82) is 0 Å². The number of aryl methyl sites for hydroxylation is 1. The van der Waals surface area contributed by atoms with Gasteiger partial charge >= 0.3 is 0 Å². The molecule has 2 heterocycles. The number of rotatable bonds is 0. The minimum atomic E-state index is -3.17. The van der Waals surface area contributed by atoms with Crippen LogP contribution in [-0.4, -0.2) is 25.7 Å². The van der Waals surface area contributed by atoms with E-state index in [2.05, 4.69) is 10.3 Å². The van der Waals surface area contributed by atoms with Crippen molar-refractivity contribution in [3.63, 3.8) is 0 Å². The van der Waals surface area contributed by atoms with Crippen molar-refractivity contribution in [3.8, 4) is 0 Å². The predicted octanol–water partition coefficient (Wildman–Crippen LogP) is 0.979. The molecule has 0 unspecified atom stereocenters. The number of nitrogens with zero attached hydrogens (tertiary/aromatic N) is 1. The third kappa shape index (κ3) is 1.48. The van der Waals surface area contributed by atoms with Gasteiger partial charge in [0.2, 0.25) is 0 Å². The van der Waals surface area contributed by atoms with Gasteiger partial charge in [0.05, 0.1) is 11.4 Å². The van der Waals surface area contributed by atoms with Crippen LogP contribution >= 0.6 is 0 Å². The Morgan fingerprint density at radius 1 is 1.50 bits per heavy atom.